The van der Waals surface area contributed by atoms with Gasteiger partial charge in [-0.05, 0) is 62.3 Å². The van der Waals surface area contributed by atoms with Crippen molar-refractivity contribution < 1.29 is 33.5 Å². The molecule has 0 aromatic rings. The summed E-state index contributed by atoms with van der Waals surface area (Å²) >= 11 is 1.63. The maximum atomic E-state index is 9.50. The number of halogens is 1. The molecule has 0 saturated carbocycles. The third-order valence-electron chi connectivity index (χ3n) is 4.73. The Hall–Kier alpha value is 0.667. The van der Waals surface area contributed by atoms with E-state index in [1.807, 2.05) is 0 Å². The molecule has 0 radical (unpaired) electrons. The zero-order valence-corrected chi connectivity index (χ0v) is 23.2. The van der Waals surface area contributed by atoms with E-state index in [1.165, 1.54) is 58.9 Å². The number of hydrogen-bond acceptors (Lipinski definition) is 4. The van der Waals surface area contributed by atoms with Gasteiger partial charge in [0.15, 0.2) is 0 Å². The summed E-state index contributed by atoms with van der Waals surface area (Å²) in [5.74, 6) is 0. The van der Waals surface area contributed by atoms with Crippen molar-refractivity contribution in [2.24, 2.45) is 0 Å². The molecule has 0 saturated heterocycles. The monoisotopic (exact) mass is 539 g/mol. The smallest absolute Gasteiger partial charge is 0.0810 e. The zero-order valence-electron chi connectivity index (χ0n) is 20.1. The highest BCUT2D eigenvalue weighted by Crippen LogP contribution is 1.82. The minimum Gasteiger partial charge on any atom is -0.861 e. The summed E-state index contributed by atoms with van der Waals surface area (Å²) in [4.78, 5) is 33.6. The van der Waals surface area contributed by atoms with Crippen molar-refractivity contribution in [3.63, 3.8) is 0 Å². The zero-order chi connectivity index (χ0) is 23.0. The lowest BCUT2D eigenvalue weighted by Crippen LogP contribution is -3.11. The predicted octanol–water partition coefficient (Wildman–Crippen LogP) is -3.30. The number of nitrogens with one attached hydrogen (secondary N) is 3. The lowest BCUT2D eigenvalue weighted by atomic mass is 10.5. The highest BCUT2D eigenvalue weighted by molar-refractivity contribution is 14.1. The average Bonchev–Trinajstić information content (AvgIpc) is 2.67. The van der Waals surface area contributed by atoms with Crippen LogP contribution >= 0.6 is 22.6 Å². The van der Waals surface area contributed by atoms with E-state index in [4.69, 9.17) is 0 Å². The fraction of sp³-hybridized carbons (Fsp3) is 1.00. The quantitative estimate of drug-likeness (QED) is 0.146. The van der Waals surface area contributed by atoms with Gasteiger partial charge in [0.05, 0.1) is 63.5 Å². The van der Waals surface area contributed by atoms with Crippen molar-refractivity contribution in [3.8, 4) is 0 Å². The fourth-order valence-electron chi connectivity index (χ4n) is 2.32. The van der Waals surface area contributed by atoms with Crippen LogP contribution in [0.5, 0.6) is 0 Å². The average molecular weight is 540 g/mol. The van der Waals surface area contributed by atoms with Gasteiger partial charge in [-0.15, -0.1) is 9.05 Å². The van der Waals surface area contributed by atoms with Crippen molar-refractivity contribution in [2.45, 2.75) is 62.3 Å². The Bertz CT molecular complexity index is 219. The van der Waals surface area contributed by atoms with Crippen LogP contribution in [0, 0.1) is 0 Å². The van der Waals surface area contributed by atoms with Crippen molar-refractivity contribution in [1.82, 2.24) is 0 Å². The van der Waals surface area contributed by atoms with E-state index in [0.29, 0.717) is 0 Å². The molecule has 176 valence electrons. The molecule has 0 aliphatic heterocycles. The second kappa shape index (κ2) is 27.7. The van der Waals surface area contributed by atoms with Crippen LogP contribution < -0.4 is 29.1 Å². The van der Waals surface area contributed by atoms with E-state index in [-0.39, 0.29) is 4.61 Å². The molecule has 0 fully saturated rings. The summed E-state index contributed by atoms with van der Waals surface area (Å²) < 4.78 is 3.59. The summed E-state index contributed by atoms with van der Waals surface area (Å²) in [7, 11) is -4.91. The minimum atomic E-state index is -4.91. The fourth-order valence-corrected chi connectivity index (χ4v) is 3.59. The summed E-state index contributed by atoms with van der Waals surface area (Å²) in [6.07, 6.45) is 0. The molecule has 0 aliphatic carbocycles. The molecule has 0 rings (SSSR count). The van der Waals surface area contributed by atoms with Gasteiger partial charge in [-0.25, -0.2) is 0 Å². The lowest BCUT2D eigenvalue weighted by molar-refractivity contribution is -0.894. The third-order valence-corrected chi connectivity index (χ3v) is 6.13. The van der Waals surface area contributed by atoms with Gasteiger partial charge in [0.2, 0.25) is 0 Å². The van der Waals surface area contributed by atoms with Crippen LogP contribution in [0.25, 0.3) is 0 Å². The first-order chi connectivity index (χ1) is 13.1. The van der Waals surface area contributed by atoms with Crippen molar-refractivity contribution in [3.05, 3.63) is 0 Å². The Kier molecular flexibility index (Phi) is 35.6. The van der Waals surface area contributed by atoms with Gasteiger partial charge in [-0.1, -0.05) is 22.6 Å². The molecule has 0 aromatic carbocycles. The Balaban J connectivity index is -0.000000137. The predicted molar refractivity (Wildman–Crippen MR) is 123 cm³/mol. The highest BCUT2D eigenvalue weighted by atomic mass is 127. The molecule has 0 amide bonds. The van der Waals surface area contributed by atoms with E-state index in [2.05, 4.69) is 66.7 Å². The summed E-state index contributed by atoms with van der Waals surface area (Å²) in [6, 6.07) is 0. The third kappa shape index (κ3) is 34.2. The van der Waals surface area contributed by atoms with E-state index in [1.54, 1.807) is 37.3 Å². The number of alkyl halides is 1. The second-order valence-electron chi connectivity index (χ2n) is 6.19. The SMILES string of the molecule is CC[NH+](CC)CC.CC[NH+](CC)CC.CC[NH+](CC)CC.[O-][Si]([O-])([O-])OCI. The van der Waals surface area contributed by atoms with Gasteiger partial charge in [-0.2, -0.15) is 0 Å². The van der Waals surface area contributed by atoms with Crippen LogP contribution in [-0.4, -0.2) is 72.6 Å². The molecular weight excluding hydrogens is 489 g/mol. The Morgan fingerprint density at radius 3 is 0.714 bits per heavy atom. The van der Waals surface area contributed by atoms with Gasteiger partial charge in [0.25, 0.3) is 0 Å². The molecule has 0 aliphatic rings. The molecule has 0 atom stereocenters. The number of rotatable bonds is 11. The van der Waals surface area contributed by atoms with Crippen molar-refractivity contribution in [1.29, 1.82) is 0 Å². The largest absolute Gasteiger partial charge is 0.861 e. The second-order valence-corrected chi connectivity index (χ2v) is 8.10. The van der Waals surface area contributed by atoms with Crippen LogP contribution in [-0.2, 0) is 4.43 Å². The molecule has 0 unspecified atom stereocenters. The van der Waals surface area contributed by atoms with Crippen LogP contribution in [0.2, 0.25) is 0 Å². The first-order valence-electron chi connectivity index (χ1n) is 10.9. The Labute approximate surface area is 190 Å². The number of hydrogen-bond donors (Lipinski definition) is 3. The molecule has 0 bridgehead atoms. The molecule has 0 spiro atoms. The van der Waals surface area contributed by atoms with Crippen LogP contribution in [0.15, 0.2) is 0 Å². The van der Waals surface area contributed by atoms with Crippen molar-refractivity contribution >= 4 is 31.6 Å². The molecular formula is C19H50IN3O4Si. The Morgan fingerprint density at radius 2 is 0.714 bits per heavy atom. The molecule has 9 heteroatoms. The molecule has 7 nitrogen and oxygen atoms in total. The molecule has 0 heterocycles. The van der Waals surface area contributed by atoms with Gasteiger partial charge in [0, 0.05) is 0 Å². The van der Waals surface area contributed by atoms with E-state index >= 15 is 0 Å². The highest BCUT2D eigenvalue weighted by Gasteiger charge is 1.94. The van der Waals surface area contributed by atoms with Crippen molar-refractivity contribution in [2.75, 3.05) is 63.5 Å². The van der Waals surface area contributed by atoms with Gasteiger partial charge in [0.1, 0.15) is 0 Å². The summed E-state index contributed by atoms with van der Waals surface area (Å²) in [5.41, 5.74) is 0. The first-order valence-corrected chi connectivity index (χ1v) is 14.1. The number of quaternary nitrogens is 3. The molecule has 0 aromatic heterocycles. The van der Waals surface area contributed by atoms with E-state index in [0.717, 1.165) is 0 Å². The normalized spacial score (nSPS) is 10.7. The molecule has 28 heavy (non-hydrogen) atoms. The van der Waals surface area contributed by atoms with Crippen LogP contribution in [0.1, 0.15) is 62.3 Å². The maximum absolute atomic E-state index is 9.50. The van der Waals surface area contributed by atoms with E-state index < -0.39 is 9.05 Å². The van der Waals surface area contributed by atoms with E-state index in [9.17, 15) is 14.4 Å². The lowest BCUT2D eigenvalue weighted by Gasteiger charge is -2.53. The summed E-state index contributed by atoms with van der Waals surface area (Å²) in [6.45, 7) is 31.5. The maximum Gasteiger partial charge on any atom is 0.0810 e. The Morgan fingerprint density at radius 1 is 0.536 bits per heavy atom. The van der Waals surface area contributed by atoms with Crippen LogP contribution in [0.4, 0.5) is 0 Å². The summed E-state index contributed by atoms with van der Waals surface area (Å²) in [5, 5.41) is 0. The van der Waals surface area contributed by atoms with Gasteiger partial charge in [-0.3, -0.25) is 0 Å². The van der Waals surface area contributed by atoms with Gasteiger partial charge >= 0.3 is 0 Å². The standard InChI is InChI=1S/3C6H15N.CH2IO4Si/c3*1-4-7(5-2)6-3;2-1-6-7(3,4)5/h3*4-6H2,1-3H3;1H2/q;;;-3/p+3. The molecule has 3 N–H and O–H groups in total. The minimum absolute atomic E-state index is 0.0967. The first kappa shape index (κ1) is 36.1. The topological polar surface area (TPSA) is 91.7 Å². The van der Waals surface area contributed by atoms with Gasteiger partial charge < -0.3 is 33.5 Å². The van der Waals surface area contributed by atoms with Crippen LogP contribution in [0.3, 0.4) is 0 Å².